The second-order valence-corrected chi connectivity index (χ2v) is 9.50. The Morgan fingerprint density at radius 2 is 1.56 bits per heavy atom. The van der Waals surface area contributed by atoms with E-state index in [-0.39, 0.29) is 5.69 Å². The molecule has 0 aliphatic carbocycles. The van der Waals surface area contributed by atoms with Gasteiger partial charge in [0.25, 0.3) is 11.2 Å². The van der Waals surface area contributed by atoms with Crippen LogP contribution in [-0.2, 0) is 13.1 Å². The fourth-order valence-electron chi connectivity index (χ4n) is 4.29. The highest BCUT2D eigenvalue weighted by Crippen LogP contribution is 2.37. The molecular formula is C27H22N4O4S. The normalized spacial score (nSPS) is 11.3. The Balaban J connectivity index is 1.68. The molecule has 8 nitrogen and oxygen atoms in total. The Morgan fingerprint density at radius 3 is 2.19 bits per heavy atom. The number of benzene rings is 3. The van der Waals surface area contributed by atoms with Gasteiger partial charge in [-0.2, -0.15) is 0 Å². The Bertz CT molecular complexity index is 1660. The molecule has 5 aromatic rings. The second-order valence-electron chi connectivity index (χ2n) is 8.48. The quantitative estimate of drug-likeness (QED) is 0.253. The number of aromatic nitrogens is 2. The lowest BCUT2D eigenvalue weighted by atomic mass is 10.1. The number of fused-ring (bicyclic) bond motifs is 1. The molecule has 2 aromatic heterocycles. The number of rotatable bonds is 7. The summed E-state index contributed by atoms with van der Waals surface area (Å²) in [6.45, 7) is 1.10. The fraction of sp³-hybridized carbons (Fsp3) is 0.111. The van der Waals surface area contributed by atoms with Crippen molar-refractivity contribution in [1.29, 1.82) is 0 Å². The van der Waals surface area contributed by atoms with Gasteiger partial charge in [-0.15, -0.1) is 11.3 Å². The van der Waals surface area contributed by atoms with E-state index in [1.165, 1.54) is 23.5 Å². The number of H-pyrrole nitrogens is 1. The van der Waals surface area contributed by atoms with E-state index >= 15 is 0 Å². The number of aromatic amines is 1. The van der Waals surface area contributed by atoms with E-state index in [9.17, 15) is 19.7 Å². The predicted octanol–water partition coefficient (Wildman–Crippen LogP) is 4.95. The number of nitrogens with one attached hydrogen (secondary N) is 1. The standard InChI is InChI=1S/C27H22N4O4S/c1-29(16-18-8-4-2-5-9-18)17-22-23-25(36-24(22)19-12-14-21(15-13-19)31(34)35)28-27(33)30(26(23)32)20-10-6-3-7-11-20/h2-15H,16-17H2,1H3,(H,28,33). The summed E-state index contributed by atoms with van der Waals surface area (Å²) in [6, 6.07) is 25.1. The SMILES string of the molecule is CN(Cc1ccccc1)Cc1c(-c2ccc([N+](=O)[O-])cc2)sc2[nH]c(=O)n(-c3ccccc3)c(=O)c12. The zero-order chi connectivity index (χ0) is 25.2. The summed E-state index contributed by atoms with van der Waals surface area (Å²) in [6.07, 6.45) is 0. The largest absolute Gasteiger partial charge is 0.334 e. The van der Waals surface area contributed by atoms with Gasteiger partial charge >= 0.3 is 5.69 Å². The zero-order valence-corrected chi connectivity index (χ0v) is 20.2. The molecule has 0 aliphatic heterocycles. The van der Waals surface area contributed by atoms with Gasteiger partial charge in [0.1, 0.15) is 4.83 Å². The molecule has 2 heterocycles. The number of hydrogen-bond acceptors (Lipinski definition) is 6. The molecule has 1 N–H and O–H groups in total. The van der Waals surface area contributed by atoms with Crippen molar-refractivity contribution >= 4 is 27.2 Å². The first kappa shape index (κ1) is 23.4. The van der Waals surface area contributed by atoms with E-state index in [1.54, 1.807) is 36.4 Å². The average molecular weight is 499 g/mol. The van der Waals surface area contributed by atoms with Crippen LogP contribution in [0.2, 0.25) is 0 Å². The third-order valence-corrected chi connectivity index (χ3v) is 7.12. The van der Waals surface area contributed by atoms with Gasteiger partial charge in [-0.3, -0.25) is 24.8 Å². The third-order valence-electron chi connectivity index (χ3n) is 5.93. The molecule has 180 valence electrons. The minimum absolute atomic E-state index is 0.0116. The molecule has 0 spiro atoms. The van der Waals surface area contributed by atoms with Crippen molar-refractivity contribution in [2.24, 2.45) is 0 Å². The Labute approximate surface area is 209 Å². The van der Waals surface area contributed by atoms with E-state index in [0.717, 1.165) is 26.1 Å². The number of non-ortho nitro benzene ring substituents is 1. The number of hydrogen-bond donors (Lipinski definition) is 1. The van der Waals surface area contributed by atoms with Crippen LogP contribution in [0.15, 0.2) is 94.5 Å². The van der Waals surface area contributed by atoms with Crippen molar-refractivity contribution in [1.82, 2.24) is 14.5 Å². The van der Waals surface area contributed by atoms with Gasteiger partial charge in [-0.1, -0.05) is 48.5 Å². The molecule has 0 aliphatic rings. The number of para-hydroxylation sites is 1. The van der Waals surface area contributed by atoms with E-state index in [4.69, 9.17) is 0 Å². The van der Waals surface area contributed by atoms with Crippen LogP contribution >= 0.6 is 11.3 Å². The maximum absolute atomic E-state index is 13.7. The lowest BCUT2D eigenvalue weighted by molar-refractivity contribution is -0.384. The first-order valence-corrected chi connectivity index (χ1v) is 12.1. The predicted molar refractivity (Wildman–Crippen MR) is 142 cm³/mol. The van der Waals surface area contributed by atoms with Gasteiger partial charge in [-0.05, 0) is 48.0 Å². The molecule has 0 saturated heterocycles. The summed E-state index contributed by atoms with van der Waals surface area (Å²) >= 11 is 1.31. The molecular weight excluding hydrogens is 476 g/mol. The van der Waals surface area contributed by atoms with Gasteiger partial charge in [-0.25, -0.2) is 9.36 Å². The maximum atomic E-state index is 13.7. The van der Waals surface area contributed by atoms with Crippen molar-refractivity contribution in [3.8, 4) is 16.1 Å². The van der Waals surface area contributed by atoms with Crippen LogP contribution < -0.4 is 11.2 Å². The number of thiophene rings is 1. The highest BCUT2D eigenvalue weighted by Gasteiger charge is 2.22. The van der Waals surface area contributed by atoms with Gasteiger partial charge in [0.15, 0.2) is 0 Å². The molecule has 0 radical (unpaired) electrons. The molecule has 0 saturated carbocycles. The molecule has 3 aromatic carbocycles. The number of nitrogens with zero attached hydrogens (tertiary/aromatic N) is 3. The second kappa shape index (κ2) is 9.73. The van der Waals surface area contributed by atoms with Crippen molar-refractivity contribution in [2.45, 2.75) is 13.1 Å². The molecule has 36 heavy (non-hydrogen) atoms. The minimum Gasteiger partial charge on any atom is -0.298 e. The lowest BCUT2D eigenvalue weighted by Crippen LogP contribution is -2.33. The topological polar surface area (TPSA) is 101 Å². The monoisotopic (exact) mass is 498 g/mol. The molecule has 5 rings (SSSR count). The average Bonchev–Trinajstić information content (AvgIpc) is 3.23. The first-order valence-electron chi connectivity index (χ1n) is 11.3. The van der Waals surface area contributed by atoms with Gasteiger partial charge < -0.3 is 0 Å². The van der Waals surface area contributed by atoms with Crippen LogP contribution in [0.5, 0.6) is 0 Å². The van der Waals surface area contributed by atoms with Crippen molar-refractivity contribution in [3.63, 3.8) is 0 Å². The Morgan fingerprint density at radius 1 is 0.917 bits per heavy atom. The summed E-state index contributed by atoms with van der Waals surface area (Å²) in [5.41, 5.74) is 2.21. The molecule has 0 fully saturated rings. The third kappa shape index (κ3) is 4.49. The van der Waals surface area contributed by atoms with E-state index in [2.05, 4.69) is 9.88 Å². The van der Waals surface area contributed by atoms with Crippen molar-refractivity contribution < 1.29 is 4.92 Å². The highest BCUT2D eigenvalue weighted by molar-refractivity contribution is 7.22. The number of nitro benzene ring substituents is 1. The van der Waals surface area contributed by atoms with Gasteiger partial charge in [0, 0.05) is 30.1 Å². The van der Waals surface area contributed by atoms with Crippen LogP contribution in [0.4, 0.5) is 5.69 Å². The van der Waals surface area contributed by atoms with Gasteiger partial charge in [0.05, 0.1) is 16.0 Å². The number of nitro groups is 1. The van der Waals surface area contributed by atoms with E-state index in [1.807, 2.05) is 43.4 Å². The van der Waals surface area contributed by atoms with E-state index in [0.29, 0.717) is 29.0 Å². The minimum atomic E-state index is -0.514. The summed E-state index contributed by atoms with van der Waals surface area (Å²) in [5, 5.41) is 11.6. The molecule has 0 atom stereocenters. The maximum Gasteiger partial charge on any atom is 0.334 e. The first-order chi connectivity index (χ1) is 17.4. The van der Waals surface area contributed by atoms with E-state index < -0.39 is 16.2 Å². The van der Waals surface area contributed by atoms with Crippen LogP contribution in [0.25, 0.3) is 26.3 Å². The van der Waals surface area contributed by atoms with Crippen molar-refractivity contribution in [2.75, 3.05) is 7.05 Å². The summed E-state index contributed by atoms with van der Waals surface area (Å²) < 4.78 is 1.15. The molecule has 0 unspecified atom stereocenters. The van der Waals surface area contributed by atoms with Crippen LogP contribution in [-0.4, -0.2) is 26.4 Å². The smallest absolute Gasteiger partial charge is 0.298 e. The van der Waals surface area contributed by atoms with Gasteiger partial charge in [0.2, 0.25) is 0 Å². The van der Waals surface area contributed by atoms with Crippen LogP contribution in [0.3, 0.4) is 0 Å². The fourth-order valence-corrected chi connectivity index (χ4v) is 5.49. The molecule has 0 amide bonds. The summed E-state index contributed by atoms with van der Waals surface area (Å²) in [4.78, 5) is 43.6. The Hall–Kier alpha value is -4.34. The van der Waals surface area contributed by atoms with Crippen LogP contribution in [0, 0.1) is 10.1 Å². The van der Waals surface area contributed by atoms with Crippen LogP contribution in [0.1, 0.15) is 11.1 Å². The zero-order valence-electron chi connectivity index (χ0n) is 19.4. The van der Waals surface area contributed by atoms with Crippen molar-refractivity contribution in [3.05, 3.63) is 127 Å². The molecule has 9 heteroatoms. The summed E-state index contributed by atoms with van der Waals surface area (Å²) in [7, 11) is 1.97. The molecule has 0 bridgehead atoms. The highest BCUT2D eigenvalue weighted by atomic mass is 32.1. The Kier molecular flexibility index (Phi) is 6.32. The summed E-state index contributed by atoms with van der Waals surface area (Å²) in [5.74, 6) is 0. The lowest BCUT2D eigenvalue weighted by Gasteiger charge is -2.18.